The van der Waals surface area contributed by atoms with E-state index in [1.54, 1.807) is 49.6 Å². The molecule has 0 spiro atoms. The molecule has 136 valence electrons. The van der Waals surface area contributed by atoms with Gasteiger partial charge in [0.05, 0.1) is 18.5 Å². The van der Waals surface area contributed by atoms with Crippen LogP contribution in [0.3, 0.4) is 0 Å². The molecule has 0 aliphatic carbocycles. The van der Waals surface area contributed by atoms with Gasteiger partial charge in [0.1, 0.15) is 5.75 Å². The lowest BCUT2D eigenvalue weighted by Gasteiger charge is -2.06. The number of hydrogen-bond donors (Lipinski definition) is 3. The molecule has 0 aliphatic rings. The molecule has 2 amide bonds. The van der Waals surface area contributed by atoms with E-state index in [1.165, 1.54) is 0 Å². The van der Waals surface area contributed by atoms with Crippen LogP contribution in [0.4, 0.5) is 11.4 Å². The fraction of sp³-hybridized carbons (Fsp3) is 0.200. The summed E-state index contributed by atoms with van der Waals surface area (Å²) in [6, 6.07) is 14.0. The standard InChI is InChI=1S/C20H23N3O3/c1-26-16-12-10-15(11-13-16)20(25)22-14-6-2-3-9-19(24)23-18-8-5-4-7-17(18)21/h2-5,7-8,10-13H,6,9,14,21H2,1H3,(H,22,25)(H,23,24)/b3-2+. The van der Waals surface area contributed by atoms with Gasteiger partial charge in [-0.3, -0.25) is 9.59 Å². The molecule has 6 heteroatoms. The Kier molecular flexibility index (Phi) is 7.24. The molecule has 2 aromatic rings. The summed E-state index contributed by atoms with van der Waals surface area (Å²) in [4.78, 5) is 23.8. The third kappa shape index (κ3) is 5.98. The maximum Gasteiger partial charge on any atom is 0.251 e. The molecule has 0 bridgehead atoms. The number of amides is 2. The second kappa shape index (κ2) is 9.88. The summed E-state index contributed by atoms with van der Waals surface area (Å²) >= 11 is 0. The van der Waals surface area contributed by atoms with Crippen molar-refractivity contribution in [1.82, 2.24) is 5.32 Å². The van der Waals surface area contributed by atoms with E-state index in [0.29, 0.717) is 35.7 Å². The minimum atomic E-state index is -0.140. The lowest BCUT2D eigenvalue weighted by molar-refractivity contribution is -0.115. The van der Waals surface area contributed by atoms with Gasteiger partial charge in [0.25, 0.3) is 5.91 Å². The number of benzene rings is 2. The smallest absolute Gasteiger partial charge is 0.251 e. The van der Waals surface area contributed by atoms with E-state index in [0.717, 1.165) is 0 Å². The first-order chi connectivity index (χ1) is 12.6. The van der Waals surface area contributed by atoms with Gasteiger partial charge >= 0.3 is 0 Å². The number of nitrogen functional groups attached to an aromatic ring is 1. The summed E-state index contributed by atoms with van der Waals surface area (Å²) in [6.07, 6.45) is 4.53. The van der Waals surface area contributed by atoms with Crippen molar-refractivity contribution in [2.45, 2.75) is 12.8 Å². The lowest BCUT2D eigenvalue weighted by Crippen LogP contribution is -2.24. The van der Waals surface area contributed by atoms with Crippen molar-refractivity contribution in [2.75, 3.05) is 24.7 Å². The number of para-hydroxylation sites is 2. The summed E-state index contributed by atoms with van der Waals surface area (Å²) in [5, 5.41) is 5.58. The van der Waals surface area contributed by atoms with Gasteiger partial charge in [0.15, 0.2) is 0 Å². The Labute approximate surface area is 153 Å². The summed E-state index contributed by atoms with van der Waals surface area (Å²) < 4.78 is 5.06. The Hall–Kier alpha value is -3.28. The van der Waals surface area contributed by atoms with Crippen LogP contribution in [0, 0.1) is 0 Å². The largest absolute Gasteiger partial charge is 0.497 e. The normalized spacial score (nSPS) is 10.5. The lowest BCUT2D eigenvalue weighted by atomic mass is 10.2. The third-order valence-corrected chi connectivity index (χ3v) is 3.65. The van der Waals surface area contributed by atoms with E-state index in [-0.39, 0.29) is 18.2 Å². The van der Waals surface area contributed by atoms with Gasteiger partial charge in [0, 0.05) is 18.5 Å². The van der Waals surface area contributed by atoms with E-state index in [4.69, 9.17) is 10.5 Å². The first kappa shape index (κ1) is 19.1. The van der Waals surface area contributed by atoms with Crippen LogP contribution < -0.4 is 21.1 Å². The summed E-state index contributed by atoms with van der Waals surface area (Å²) in [6.45, 7) is 0.495. The highest BCUT2D eigenvalue weighted by molar-refractivity contribution is 5.95. The highest BCUT2D eigenvalue weighted by atomic mass is 16.5. The summed E-state index contributed by atoms with van der Waals surface area (Å²) in [5.41, 5.74) is 7.50. The molecular formula is C20H23N3O3. The van der Waals surface area contributed by atoms with Gasteiger partial charge in [-0.1, -0.05) is 24.3 Å². The highest BCUT2D eigenvalue weighted by Crippen LogP contribution is 2.16. The van der Waals surface area contributed by atoms with E-state index in [1.807, 2.05) is 18.2 Å². The highest BCUT2D eigenvalue weighted by Gasteiger charge is 2.04. The number of rotatable bonds is 8. The first-order valence-corrected chi connectivity index (χ1v) is 8.31. The Bertz CT molecular complexity index is 770. The monoisotopic (exact) mass is 353 g/mol. The molecule has 26 heavy (non-hydrogen) atoms. The van der Waals surface area contributed by atoms with Crippen molar-refractivity contribution in [3.05, 3.63) is 66.2 Å². The van der Waals surface area contributed by atoms with Crippen molar-refractivity contribution in [3.8, 4) is 5.75 Å². The molecule has 0 heterocycles. The maximum atomic E-state index is 12.0. The van der Waals surface area contributed by atoms with E-state index in [2.05, 4.69) is 10.6 Å². The SMILES string of the molecule is COc1ccc(C(=O)NCC/C=C/CC(=O)Nc2ccccc2N)cc1. The quantitative estimate of drug-likeness (QED) is 0.386. The predicted octanol–water partition coefficient (Wildman–Crippen LogP) is 2.98. The Balaban J connectivity index is 1.66. The molecule has 0 fully saturated rings. The molecule has 4 N–H and O–H groups in total. The molecule has 0 atom stereocenters. The van der Waals surface area contributed by atoms with Crippen LogP contribution in [-0.4, -0.2) is 25.5 Å². The number of hydrogen-bond acceptors (Lipinski definition) is 4. The van der Waals surface area contributed by atoms with E-state index < -0.39 is 0 Å². The van der Waals surface area contributed by atoms with Gasteiger partial charge in [0.2, 0.25) is 5.91 Å². The van der Waals surface area contributed by atoms with Gasteiger partial charge in [-0.25, -0.2) is 0 Å². The molecule has 0 saturated heterocycles. The van der Waals surface area contributed by atoms with Crippen molar-refractivity contribution < 1.29 is 14.3 Å². The second-order valence-corrected chi connectivity index (χ2v) is 5.58. The summed E-state index contributed by atoms with van der Waals surface area (Å²) in [5.74, 6) is 0.430. The average molecular weight is 353 g/mol. The van der Waals surface area contributed by atoms with Crippen LogP contribution in [0.5, 0.6) is 5.75 Å². The molecule has 0 radical (unpaired) electrons. The molecule has 6 nitrogen and oxygen atoms in total. The zero-order valence-corrected chi connectivity index (χ0v) is 14.7. The van der Waals surface area contributed by atoms with Gasteiger partial charge in [-0.2, -0.15) is 0 Å². The zero-order chi connectivity index (χ0) is 18.8. The maximum absolute atomic E-state index is 12.0. The number of nitrogens with two attached hydrogens (primary N) is 1. The van der Waals surface area contributed by atoms with Crippen LogP contribution in [0.1, 0.15) is 23.2 Å². The van der Waals surface area contributed by atoms with Crippen LogP contribution in [0.25, 0.3) is 0 Å². The van der Waals surface area contributed by atoms with E-state index in [9.17, 15) is 9.59 Å². The fourth-order valence-corrected chi connectivity index (χ4v) is 2.23. The number of nitrogens with one attached hydrogen (secondary N) is 2. The Morgan fingerprint density at radius 2 is 1.81 bits per heavy atom. The first-order valence-electron chi connectivity index (χ1n) is 8.31. The van der Waals surface area contributed by atoms with Crippen LogP contribution in [-0.2, 0) is 4.79 Å². The number of anilines is 2. The second-order valence-electron chi connectivity index (χ2n) is 5.58. The van der Waals surface area contributed by atoms with Crippen molar-refractivity contribution in [3.63, 3.8) is 0 Å². The minimum absolute atomic E-state index is 0.138. The van der Waals surface area contributed by atoms with Crippen LogP contribution >= 0.6 is 0 Å². The number of carbonyl (C=O) groups is 2. The topological polar surface area (TPSA) is 93.4 Å². The van der Waals surface area contributed by atoms with Crippen LogP contribution in [0.2, 0.25) is 0 Å². The van der Waals surface area contributed by atoms with Crippen molar-refractivity contribution >= 4 is 23.2 Å². The van der Waals surface area contributed by atoms with Gasteiger partial charge in [-0.05, 0) is 42.8 Å². The average Bonchev–Trinajstić information content (AvgIpc) is 2.66. The summed E-state index contributed by atoms with van der Waals surface area (Å²) in [7, 11) is 1.58. The molecule has 0 aromatic heterocycles. The molecule has 0 saturated carbocycles. The zero-order valence-electron chi connectivity index (χ0n) is 14.7. The Morgan fingerprint density at radius 3 is 2.50 bits per heavy atom. The molecule has 0 unspecified atom stereocenters. The number of methoxy groups -OCH3 is 1. The predicted molar refractivity (Wildman–Crippen MR) is 103 cm³/mol. The Morgan fingerprint density at radius 1 is 1.08 bits per heavy atom. The third-order valence-electron chi connectivity index (χ3n) is 3.65. The van der Waals surface area contributed by atoms with Gasteiger partial charge in [-0.15, -0.1) is 0 Å². The molecular weight excluding hydrogens is 330 g/mol. The number of carbonyl (C=O) groups excluding carboxylic acids is 2. The van der Waals surface area contributed by atoms with Crippen LogP contribution in [0.15, 0.2) is 60.7 Å². The van der Waals surface area contributed by atoms with Gasteiger partial charge < -0.3 is 21.1 Å². The van der Waals surface area contributed by atoms with Crippen molar-refractivity contribution in [2.24, 2.45) is 0 Å². The molecule has 2 rings (SSSR count). The van der Waals surface area contributed by atoms with Crippen molar-refractivity contribution in [1.29, 1.82) is 0 Å². The minimum Gasteiger partial charge on any atom is -0.497 e. The molecule has 2 aromatic carbocycles. The van der Waals surface area contributed by atoms with E-state index >= 15 is 0 Å². The molecule has 0 aliphatic heterocycles. The fourth-order valence-electron chi connectivity index (χ4n) is 2.23. The number of ether oxygens (including phenoxy) is 1.